The van der Waals surface area contributed by atoms with Gasteiger partial charge in [-0.15, -0.1) is 0 Å². The molecular weight excluding hydrogens is 306 g/mol. The molecule has 0 fully saturated rings. The smallest absolute Gasteiger partial charge is 0.207 e. The van der Waals surface area contributed by atoms with Gasteiger partial charge in [-0.25, -0.2) is 8.42 Å². The molecule has 0 atom stereocenters. The molecule has 4 heteroatoms. The fraction of sp³-hybridized carbons (Fsp3) is 0.368. The minimum absolute atomic E-state index is 0.305. The molecule has 1 heterocycles. The van der Waals surface area contributed by atoms with Crippen LogP contribution in [0.2, 0.25) is 0 Å². The van der Waals surface area contributed by atoms with E-state index >= 15 is 0 Å². The molecule has 0 spiro atoms. The fourth-order valence-electron chi connectivity index (χ4n) is 3.27. The number of benzene rings is 1. The van der Waals surface area contributed by atoms with Gasteiger partial charge in [0.25, 0.3) is 0 Å². The first-order valence-electron chi connectivity index (χ1n) is 7.98. The quantitative estimate of drug-likeness (QED) is 0.845. The molecule has 3 nitrogen and oxygen atoms in total. The summed E-state index contributed by atoms with van der Waals surface area (Å²) in [4.78, 5) is 0.368. The second kappa shape index (κ2) is 5.77. The summed E-state index contributed by atoms with van der Waals surface area (Å²) >= 11 is 0. The van der Waals surface area contributed by atoms with Crippen molar-refractivity contribution in [2.75, 3.05) is 13.1 Å². The van der Waals surface area contributed by atoms with Gasteiger partial charge in [0.1, 0.15) is 0 Å². The Morgan fingerprint density at radius 3 is 2.39 bits per heavy atom. The van der Waals surface area contributed by atoms with Crippen LogP contribution in [-0.4, -0.2) is 25.8 Å². The molecule has 1 aliphatic heterocycles. The summed E-state index contributed by atoms with van der Waals surface area (Å²) in [5.74, 6) is 0.305. The molecule has 0 bridgehead atoms. The largest absolute Gasteiger partial charge is 0.243 e. The lowest BCUT2D eigenvalue weighted by atomic mass is 9.89. The van der Waals surface area contributed by atoms with Gasteiger partial charge in [0, 0.05) is 13.1 Å². The first kappa shape index (κ1) is 16.2. The molecular formula is C19H23NO2S. The molecule has 3 rings (SSSR count). The molecule has 0 amide bonds. The van der Waals surface area contributed by atoms with E-state index < -0.39 is 10.0 Å². The van der Waals surface area contributed by atoms with E-state index in [9.17, 15) is 8.42 Å². The average Bonchev–Trinajstić information content (AvgIpc) is 2.88. The van der Waals surface area contributed by atoms with Crippen LogP contribution in [0.5, 0.6) is 0 Å². The van der Waals surface area contributed by atoms with Crippen molar-refractivity contribution in [1.82, 2.24) is 4.31 Å². The van der Waals surface area contributed by atoms with Crippen LogP contribution >= 0.6 is 0 Å². The van der Waals surface area contributed by atoms with Gasteiger partial charge in [-0.2, -0.15) is 4.31 Å². The van der Waals surface area contributed by atoms with Gasteiger partial charge in [0.15, 0.2) is 0 Å². The third kappa shape index (κ3) is 2.81. The third-order valence-electron chi connectivity index (χ3n) is 4.64. The maximum absolute atomic E-state index is 13.0. The zero-order valence-electron chi connectivity index (χ0n) is 14.0. The lowest BCUT2D eigenvalue weighted by molar-refractivity contribution is 0.437. The molecule has 0 saturated heterocycles. The van der Waals surface area contributed by atoms with Gasteiger partial charge in [-0.05, 0) is 53.7 Å². The maximum atomic E-state index is 13.0. The van der Waals surface area contributed by atoms with Crippen LogP contribution in [0.1, 0.15) is 25.8 Å². The topological polar surface area (TPSA) is 37.4 Å². The van der Waals surface area contributed by atoms with E-state index in [1.165, 1.54) is 11.1 Å². The molecule has 0 radical (unpaired) electrons. The summed E-state index contributed by atoms with van der Waals surface area (Å²) < 4.78 is 27.6. The van der Waals surface area contributed by atoms with Crippen molar-refractivity contribution in [3.8, 4) is 0 Å². The van der Waals surface area contributed by atoms with E-state index in [-0.39, 0.29) is 0 Å². The van der Waals surface area contributed by atoms with Crippen molar-refractivity contribution in [3.05, 3.63) is 64.8 Å². The van der Waals surface area contributed by atoms with Gasteiger partial charge in [-0.1, -0.05) is 44.2 Å². The Morgan fingerprint density at radius 1 is 1.13 bits per heavy atom. The van der Waals surface area contributed by atoms with Crippen molar-refractivity contribution < 1.29 is 8.42 Å². The summed E-state index contributed by atoms with van der Waals surface area (Å²) in [6.45, 7) is 11.2. The highest BCUT2D eigenvalue weighted by Gasteiger charge is 2.34. The van der Waals surface area contributed by atoms with Crippen molar-refractivity contribution in [1.29, 1.82) is 0 Å². The standard InChI is InChI=1S/C19H23NO2S/c1-13(2)18-12-20(11-16-8-7-15(4)19(16)18)23(21,22)17-9-5-14(3)6-10-17/h5-6,8-10,13H,4,7,11-12H2,1-3H3. The first-order valence-corrected chi connectivity index (χ1v) is 9.42. The second-order valence-electron chi connectivity index (χ2n) is 6.68. The Kier molecular flexibility index (Phi) is 4.07. The van der Waals surface area contributed by atoms with Crippen LogP contribution in [0.15, 0.2) is 64.1 Å². The summed E-state index contributed by atoms with van der Waals surface area (Å²) in [6.07, 6.45) is 2.95. The van der Waals surface area contributed by atoms with Gasteiger partial charge < -0.3 is 0 Å². The van der Waals surface area contributed by atoms with Crippen molar-refractivity contribution in [2.24, 2.45) is 5.92 Å². The highest BCUT2D eigenvalue weighted by Crippen LogP contribution is 2.39. The average molecular weight is 329 g/mol. The van der Waals surface area contributed by atoms with Crippen molar-refractivity contribution in [2.45, 2.75) is 32.1 Å². The second-order valence-corrected chi connectivity index (χ2v) is 8.62. The zero-order chi connectivity index (χ0) is 16.8. The molecule has 1 aliphatic carbocycles. The highest BCUT2D eigenvalue weighted by molar-refractivity contribution is 7.89. The number of aryl methyl sites for hydroxylation is 1. The Labute approximate surface area is 139 Å². The lowest BCUT2D eigenvalue weighted by Gasteiger charge is -2.32. The first-order chi connectivity index (χ1) is 10.8. The van der Waals surface area contributed by atoms with Gasteiger partial charge >= 0.3 is 0 Å². The van der Waals surface area contributed by atoms with Crippen LogP contribution in [0.25, 0.3) is 0 Å². The third-order valence-corrected chi connectivity index (χ3v) is 6.45. The van der Waals surface area contributed by atoms with Gasteiger partial charge in [0.2, 0.25) is 10.0 Å². The van der Waals surface area contributed by atoms with E-state index in [2.05, 4.69) is 26.5 Å². The molecule has 122 valence electrons. The predicted molar refractivity (Wildman–Crippen MR) is 93.6 cm³/mol. The van der Waals surface area contributed by atoms with Crippen LogP contribution in [0, 0.1) is 12.8 Å². The zero-order valence-corrected chi connectivity index (χ0v) is 14.8. The summed E-state index contributed by atoms with van der Waals surface area (Å²) in [6, 6.07) is 7.08. The van der Waals surface area contributed by atoms with Crippen LogP contribution in [0.3, 0.4) is 0 Å². The monoisotopic (exact) mass is 329 g/mol. The molecule has 1 aromatic carbocycles. The summed E-state index contributed by atoms with van der Waals surface area (Å²) in [5, 5.41) is 0. The normalized spacial score (nSPS) is 19.3. The summed E-state index contributed by atoms with van der Waals surface area (Å²) in [5.41, 5.74) is 5.69. The predicted octanol–water partition coefficient (Wildman–Crippen LogP) is 3.84. The van der Waals surface area contributed by atoms with Crippen molar-refractivity contribution in [3.63, 3.8) is 0 Å². The Bertz CT molecular complexity index is 811. The molecule has 1 aromatic rings. The minimum Gasteiger partial charge on any atom is -0.207 e. The minimum atomic E-state index is -3.47. The van der Waals surface area contributed by atoms with E-state index in [1.807, 2.05) is 19.1 Å². The highest BCUT2D eigenvalue weighted by atomic mass is 32.2. The van der Waals surface area contributed by atoms with Crippen LogP contribution in [0.4, 0.5) is 0 Å². The molecule has 0 saturated carbocycles. The summed E-state index contributed by atoms with van der Waals surface area (Å²) in [7, 11) is -3.47. The van der Waals surface area contributed by atoms with Gasteiger partial charge in [0.05, 0.1) is 4.90 Å². The van der Waals surface area contributed by atoms with Gasteiger partial charge in [-0.3, -0.25) is 0 Å². The van der Waals surface area contributed by atoms with E-state index in [1.54, 1.807) is 16.4 Å². The number of rotatable bonds is 3. The number of allylic oxidation sites excluding steroid dienone is 2. The molecule has 23 heavy (non-hydrogen) atoms. The fourth-order valence-corrected chi connectivity index (χ4v) is 4.67. The Balaban J connectivity index is 2.01. The maximum Gasteiger partial charge on any atom is 0.243 e. The molecule has 0 unspecified atom stereocenters. The number of nitrogens with zero attached hydrogens (tertiary/aromatic N) is 1. The number of hydrogen-bond donors (Lipinski definition) is 0. The molecule has 0 N–H and O–H groups in total. The van der Waals surface area contributed by atoms with Crippen LogP contribution < -0.4 is 0 Å². The van der Waals surface area contributed by atoms with E-state index in [0.717, 1.165) is 23.1 Å². The lowest BCUT2D eigenvalue weighted by Crippen LogP contribution is -2.38. The van der Waals surface area contributed by atoms with Crippen molar-refractivity contribution >= 4 is 10.0 Å². The Hall–Kier alpha value is -1.65. The Morgan fingerprint density at radius 2 is 1.78 bits per heavy atom. The molecule has 0 aromatic heterocycles. The number of sulfonamides is 1. The number of fused-ring (bicyclic) bond motifs is 1. The van der Waals surface area contributed by atoms with E-state index in [4.69, 9.17) is 0 Å². The number of hydrogen-bond acceptors (Lipinski definition) is 2. The molecule has 2 aliphatic rings. The van der Waals surface area contributed by atoms with Crippen LogP contribution in [-0.2, 0) is 10.0 Å². The SMILES string of the molecule is C=C1CC=C2CN(S(=O)(=O)c3ccc(C)cc3)CC(C(C)C)=C12. The van der Waals surface area contributed by atoms with E-state index in [0.29, 0.717) is 23.9 Å².